The average molecular weight is 211 g/mol. The standard InChI is InChI=1S/C10H11F2N3/c11-8-2-1-7(5-9(8)12)6-15-4-3-14-10(15)13/h1-2,5H,3-4,6H2,(H2,13,14). The fourth-order valence-electron chi connectivity index (χ4n) is 1.52. The van der Waals surface area contributed by atoms with Crippen molar-refractivity contribution in [3.8, 4) is 0 Å². The maximum absolute atomic E-state index is 12.9. The van der Waals surface area contributed by atoms with Crippen LogP contribution in [0.3, 0.4) is 0 Å². The highest BCUT2D eigenvalue weighted by atomic mass is 19.2. The molecule has 0 fully saturated rings. The van der Waals surface area contributed by atoms with Crippen LogP contribution in [-0.4, -0.2) is 23.9 Å². The number of benzene rings is 1. The molecule has 3 nitrogen and oxygen atoms in total. The molecule has 80 valence electrons. The molecule has 0 atom stereocenters. The molecule has 0 unspecified atom stereocenters. The van der Waals surface area contributed by atoms with E-state index in [4.69, 9.17) is 5.73 Å². The zero-order valence-corrected chi connectivity index (χ0v) is 8.08. The summed E-state index contributed by atoms with van der Waals surface area (Å²) >= 11 is 0. The Kier molecular flexibility index (Phi) is 2.53. The zero-order valence-electron chi connectivity index (χ0n) is 8.08. The maximum Gasteiger partial charge on any atom is 0.191 e. The van der Waals surface area contributed by atoms with E-state index in [9.17, 15) is 8.78 Å². The summed E-state index contributed by atoms with van der Waals surface area (Å²) in [4.78, 5) is 5.83. The third kappa shape index (κ3) is 2.06. The topological polar surface area (TPSA) is 41.6 Å². The lowest BCUT2D eigenvalue weighted by molar-refractivity contribution is 0.443. The number of nitrogens with two attached hydrogens (primary N) is 1. The molecule has 0 amide bonds. The Bertz CT molecular complexity index is 404. The average Bonchev–Trinajstić information content (AvgIpc) is 2.59. The van der Waals surface area contributed by atoms with E-state index < -0.39 is 11.6 Å². The van der Waals surface area contributed by atoms with Gasteiger partial charge in [0.15, 0.2) is 17.6 Å². The van der Waals surface area contributed by atoms with Gasteiger partial charge in [-0.1, -0.05) is 6.07 Å². The Morgan fingerprint density at radius 3 is 2.73 bits per heavy atom. The van der Waals surface area contributed by atoms with Crippen LogP contribution in [0.15, 0.2) is 23.2 Å². The number of hydrogen-bond donors (Lipinski definition) is 1. The molecule has 1 heterocycles. The van der Waals surface area contributed by atoms with Crippen molar-refractivity contribution in [3.63, 3.8) is 0 Å². The first-order valence-corrected chi connectivity index (χ1v) is 4.65. The first-order chi connectivity index (χ1) is 7.16. The number of nitrogens with zero attached hydrogens (tertiary/aromatic N) is 2. The number of aliphatic imine (C=N–C) groups is 1. The van der Waals surface area contributed by atoms with E-state index in [2.05, 4.69) is 4.99 Å². The molecule has 0 spiro atoms. The monoisotopic (exact) mass is 211 g/mol. The molecule has 1 aliphatic heterocycles. The fourth-order valence-corrected chi connectivity index (χ4v) is 1.52. The van der Waals surface area contributed by atoms with Crippen molar-refractivity contribution in [2.24, 2.45) is 10.7 Å². The minimum atomic E-state index is -0.832. The van der Waals surface area contributed by atoms with Gasteiger partial charge < -0.3 is 10.6 Å². The third-order valence-electron chi connectivity index (χ3n) is 2.33. The predicted molar refractivity (Wildman–Crippen MR) is 53.3 cm³/mol. The number of rotatable bonds is 2. The van der Waals surface area contributed by atoms with E-state index >= 15 is 0 Å². The van der Waals surface area contributed by atoms with Crippen LogP contribution in [0.25, 0.3) is 0 Å². The second-order valence-electron chi connectivity index (χ2n) is 3.41. The summed E-state index contributed by atoms with van der Waals surface area (Å²) in [6.07, 6.45) is 0. The number of guanidine groups is 1. The van der Waals surface area contributed by atoms with E-state index in [1.54, 1.807) is 6.07 Å². The summed E-state index contributed by atoms with van der Waals surface area (Å²) in [6, 6.07) is 3.85. The molecule has 5 heteroatoms. The molecular weight excluding hydrogens is 200 g/mol. The molecule has 2 rings (SSSR count). The van der Waals surface area contributed by atoms with Gasteiger partial charge in [0.2, 0.25) is 0 Å². The SMILES string of the molecule is NC1=NCCN1Cc1ccc(F)c(F)c1. The molecule has 0 saturated carbocycles. The van der Waals surface area contributed by atoms with Gasteiger partial charge in [0.05, 0.1) is 6.54 Å². The van der Waals surface area contributed by atoms with Gasteiger partial charge in [0.25, 0.3) is 0 Å². The molecule has 0 aromatic heterocycles. The van der Waals surface area contributed by atoms with E-state index in [1.165, 1.54) is 6.07 Å². The van der Waals surface area contributed by atoms with Crippen molar-refractivity contribution in [1.29, 1.82) is 0 Å². The highest BCUT2D eigenvalue weighted by molar-refractivity contribution is 5.79. The highest BCUT2D eigenvalue weighted by Gasteiger charge is 2.14. The van der Waals surface area contributed by atoms with Crippen LogP contribution in [0.5, 0.6) is 0 Å². The highest BCUT2D eigenvalue weighted by Crippen LogP contribution is 2.12. The molecule has 0 aliphatic carbocycles. The molecule has 15 heavy (non-hydrogen) atoms. The van der Waals surface area contributed by atoms with Gasteiger partial charge in [-0.3, -0.25) is 4.99 Å². The molecule has 0 radical (unpaired) electrons. The summed E-state index contributed by atoms with van der Waals surface area (Å²) in [5.41, 5.74) is 6.29. The van der Waals surface area contributed by atoms with Crippen LogP contribution in [0.4, 0.5) is 8.78 Å². The van der Waals surface area contributed by atoms with E-state index in [1.807, 2.05) is 4.90 Å². The predicted octanol–water partition coefficient (Wildman–Crippen LogP) is 1.10. The van der Waals surface area contributed by atoms with Gasteiger partial charge in [-0.2, -0.15) is 0 Å². The first-order valence-electron chi connectivity index (χ1n) is 4.65. The molecule has 1 aliphatic rings. The zero-order chi connectivity index (χ0) is 10.8. The minimum absolute atomic E-state index is 0.458. The minimum Gasteiger partial charge on any atom is -0.370 e. The Morgan fingerprint density at radius 1 is 1.33 bits per heavy atom. The molecule has 0 bridgehead atoms. The summed E-state index contributed by atoms with van der Waals surface area (Å²) in [7, 11) is 0. The second kappa shape index (κ2) is 3.84. The van der Waals surface area contributed by atoms with Crippen molar-refractivity contribution in [1.82, 2.24) is 4.90 Å². The van der Waals surface area contributed by atoms with Crippen molar-refractivity contribution in [2.45, 2.75) is 6.54 Å². The summed E-state index contributed by atoms with van der Waals surface area (Å²) in [5, 5.41) is 0. The largest absolute Gasteiger partial charge is 0.370 e. The van der Waals surface area contributed by atoms with Crippen LogP contribution in [-0.2, 0) is 6.54 Å². The maximum atomic E-state index is 12.9. The van der Waals surface area contributed by atoms with Crippen molar-refractivity contribution >= 4 is 5.96 Å². The van der Waals surface area contributed by atoms with Crippen molar-refractivity contribution in [2.75, 3.05) is 13.1 Å². The van der Waals surface area contributed by atoms with Gasteiger partial charge in [-0.05, 0) is 17.7 Å². The normalized spacial score (nSPS) is 15.6. The fraction of sp³-hybridized carbons (Fsp3) is 0.300. The van der Waals surface area contributed by atoms with Crippen molar-refractivity contribution < 1.29 is 8.78 Å². The lowest BCUT2D eigenvalue weighted by Gasteiger charge is -2.17. The molecular formula is C10H11F2N3. The summed E-state index contributed by atoms with van der Waals surface area (Å²) in [6.45, 7) is 1.85. The van der Waals surface area contributed by atoms with Crippen LogP contribution in [0.2, 0.25) is 0 Å². The lowest BCUT2D eigenvalue weighted by Crippen LogP contribution is -2.33. The van der Waals surface area contributed by atoms with Crippen LogP contribution >= 0.6 is 0 Å². The number of halogens is 2. The Hall–Kier alpha value is -1.65. The number of hydrogen-bond acceptors (Lipinski definition) is 3. The molecule has 1 aromatic rings. The van der Waals surface area contributed by atoms with E-state index in [0.717, 1.165) is 12.6 Å². The van der Waals surface area contributed by atoms with Crippen LogP contribution < -0.4 is 5.73 Å². The van der Waals surface area contributed by atoms with E-state index in [-0.39, 0.29) is 0 Å². The van der Waals surface area contributed by atoms with Gasteiger partial charge in [0, 0.05) is 13.1 Å². The molecule has 2 N–H and O–H groups in total. The van der Waals surface area contributed by atoms with Gasteiger partial charge >= 0.3 is 0 Å². The first kappa shape index (κ1) is 9.89. The Balaban J connectivity index is 2.11. The van der Waals surface area contributed by atoms with E-state index in [0.29, 0.717) is 24.6 Å². The van der Waals surface area contributed by atoms with Crippen molar-refractivity contribution in [3.05, 3.63) is 35.4 Å². The summed E-state index contributed by atoms with van der Waals surface area (Å²) < 4.78 is 25.5. The quantitative estimate of drug-likeness (QED) is 0.795. The third-order valence-corrected chi connectivity index (χ3v) is 2.33. The van der Waals surface area contributed by atoms with Gasteiger partial charge in [0.1, 0.15) is 0 Å². The van der Waals surface area contributed by atoms with Crippen LogP contribution in [0, 0.1) is 11.6 Å². The molecule has 0 saturated heterocycles. The summed E-state index contributed by atoms with van der Waals surface area (Å²) in [5.74, 6) is -1.20. The lowest BCUT2D eigenvalue weighted by atomic mass is 10.2. The van der Waals surface area contributed by atoms with Gasteiger partial charge in [-0.15, -0.1) is 0 Å². The van der Waals surface area contributed by atoms with Crippen LogP contribution in [0.1, 0.15) is 5.56 Å². The molecule has 1 aromatic carbocycles. The Labute approximate surface area is 86.2 Å². The van der Waals surface area contributed by atoms with Gasteiger partial charge in [-0.25, -0.2) is 8.78 Å². The second-order valence-corrected chi connectivity index (χ2v) is 3.41. The Morgan fingerprint density at radius 2 is 2.13 bits per heavy atom. The smallest absolute Gasteiger partial charge is 0.191 e.